The quantitative estimate of drug-likeness (QED) is 0.187. The fourth-order valence-corrected chi connectivity index (χ4v) is 0.128. The van der Waals surface area contributed by atoms with Gasteiger partial charge in [0.25, 0.3) is 0 Å². The third kappa shape index (κ3) is 5.35. The fourth-order valence-electron chi connectivity index (χ4n) is 0.128. The summed E-state index contributed by atoms with van der Waals surface area (Å²) in [6, 6.07) is 0. The maximum absolute atomic E-state index is 9.44. The van der Waals surface area contributed by atoms with E-state index < -0.39 is 0 Å². The first kappa shape index (κ1) is 6.35. The largest absolute Gasteiger partial charge is 0.279 e. The van der Waals surface area contributed by atoms with Crippen LogP contribution in [0.25, 0.3) is 0 Å². The van der Waals surface area contributed by atoms with Gasteiger partial charge in [-0.15, -0.1) is 0 Å². The van der Waals surface area contributed by atoms with Gasteiger partial charge in [-0.05, 0) is 7.05 Å². The van der Waals surface area contributed by atoms with E-state index in [1.165, 1.54) is 0 Å². The highest BCUT2D eigenvalue weighted by molar-refractivity contribution is 5.44. The molecule has 0 saturated heterocycles. The highest BCUT2D eigenvalue weighted by atomic mass is 16.1. The van der Waals surface area contributed by atoms with Crippen molar-refractivity contribution < 1.29 is 4.79 Å². The van der Waals surface area contributed by atoms with Crippen LogP contribution in [-0.4, -0.2) is 13.5 Å². The van der Waals surface area contributed by atoms with Crippen LogP contribution in [0, 0.1) is 0 Å². The number of carbonyl (C=O) groups excluding carboxylic acids is 1. The molecule has 0 aromatic rings. The van der Waals surface area contributed by atoms with Crippen molar-refractivity contribution >= 4 is 6.41 Å². The van der Waals surface area contributed by atoms with Crippen LogP contribution in [0.3, 0.4) is 0 Å². The minimum absolute atomic E-state index is 0.518. The Labute approximate surface area is 41.4 Å². The molecule has 0 unspecified atom stereocenters. The van der Waals surface area contributed by atoms with Crippen molar-refractivity contribution in [3.8, 4) is 0 Å². The maximum Gasteiger partial charge on any atom is 0.222 e. The summed E-state index contributed by atoms with van der Waals surface area (Å²) in [7, 11) is 1.67. The van der Waals surface area contributed by atoms with Crippen LogP contribution in [0.2, 0.25) is 0 Å². The summed E-state index contributed by atoms with van der Waals surface area (Å²) in [5.74, 6) is 0. The van der Waals surface area contributed by atoms with Gasteiger partial charge in [0.2, 0.25) is 6.41 Å². The Hall–Kier alpha value is -0.650. The summed E-state index contributed by atoms with van der Waals surface area (Å²) in [6.07, 6.45) is 0.518. The van der Waals surface area contributed by atoms with Crippen molar-refractivity contribution in [3.63, 3.8) is 0 Å². The van der Waals surface area contributed by atoms with E-state index in [4.69, 9.17) is 0 Å². The molecule has 1 amide bonds. The van der Waals surface area contributed by atoms with Gasteiger partial charge >= 0.3 is 0 Å². The number of rotatable bonds is 4. The van der Waals surface area contributed by atoms with Crippen molar-refractivity contribution in [2.75, 3.05) is 7.05 Å². The fraction of sp³-hybridized carbons (Fsp3) is 0.500. The first-order valence-corrected chi connectivity index (χ1v) is 1.77. The number of hydrazine groups is 3. The Morgan fingerprint density at radius 1 is 1.43 bits per heavy atom. The third-order valence-corrected chi connectivity index (χ3v) is 0.319. The molecule has 42 valence electrons. The number of nitrogens with one attached hydrogen (secondary N) is 4. The van der Waals surface area contributed by atoms with Gasteiger partial charge in [0.05, 0.1) is 0 Å². The lowest BCUT2D eigenvalue weighted by Crippen LogP contribution is -2.48. The van der Waals surface area contributed by atoms with E-state index in [1.54, 1.807) is 7.05 Å². The van der Waals surface area contributed by atoms with Crippen LogP contribution in [0.4, 0.5) is 0 Å². The van der Waals surface area contributed by atoms with Crippen molar-refractivity contribution in [1.29, 1.82) is 0 Å². The Morgan fingerprint density at radius 2 is 2.14 bits per heavy atom. The molecule has 0 rings (SSSR count). The summed E-state index contributed by atoms with van der Waals surface area (Å²) in [5.41, 5.74) is 9.38. The SMILES string of the molecule is CNNNNC=O. The lowest BCUT2D eigenvalue weighted by Gasteiger charge is -1.99. The van der Waals surface area contributed by atoms with Crippen molar-refractivity contribution in [3.05, 3.63) is 0 Å². The minimum atomic E-state index is 0.518. The van der Waals surface area contributed by atoms with Gasteiger partial charge in [0.1, 0.15) is 0 Å². The monoisotopic (exact) mass is 104 g/mol. The molecule has 7 heavy (non-hydrogen) atoms. The van der Waals surface area contributed by atoms with Crippen LogP contribution >= 0.6 is 0 Å². The normalized spacial score (nSPS) is 8.14. The van der Waals surface area contributed by atoms with Gasteiger partial charge in [0, 0.05) is 0 Å². The molecule has 0 bridgehead atoms. The molecule has 5 heteroatoms. The molecule has 0 aliphatic rings. The molecule has 0 atom stereocenters. The van der Waals surface area contributed by atoms with Gasteiger partial charge in [-0.2, -0.15) is 11.1 Å². The van der Waals surface area contributed by atoms with Crippen LogP contribution in [-0.2, 0) is 4.79 Å². The zero-order valence-corrected chi connectivity index (χ0v) is 3.99. The molecular formula is C2H8N4O. The molecule has 0 spiro atoms. The van der Waals surface area contributed by atoms with E-state index in [9.17, 15) is 4.79 Å². The number of amides is 1. The first-order chi connectivity index (χ1) is 3.41. The molecule has 0 aromatic carbocycles. The Bertz CT molecular complexity index is 47.0. The lowest BCUT2D eigenvalue weighted by atomic mass is 11.4. The standard InChI is InChI=1S/C2H8N4O/c1-3-5-6-4-2-7/h2-3,5-6H,1H3,(H,4,7). The maximum atomic E-state index is 9.44. The minimum Gasteiger partial charge on any atom is -0.279 e. The average Bonchev–Trinajstić information content (AvgIpc) is 1.69. The molecule has 0 fully saturated rings. The van der Waals surface area contributed by atoms with Gasteiger partial charge in [-0.1, -0.05) is 0 Å². The first-order valence-electron chi connectivity index (χ1n) is 1.77. The number of hydrogen-bond acceptors (Lipinski definition) is 4. The molecule has 0 heterocycles. The lowest BCUT2D eigenvalue weighted by molar-refractivity contribution is -0.110. The second-order valence-electron chi connectivity index (χ2n) is 0.762. The average molecular weight is 104 g/mol. The Morgan fingerprint density at radius 3 is 2.57 bits per heavy atom. The van der Waals surface area contributed by atoms with Crippen LogP contribution in [0.15, 0.2) is 0 Å². The molecule has 5 nitrogen and oxygen atoms in total. The second-order valence-corrected chi connectivity index (χ2v) is 0.762. The van der Waals surface area contributed by atoms with Gasteiger partial charge < -0.3 is 0 Å². The number of hydrogen-bond donors (Lipinski definition) is 4. The van der Waals surface area contributed by atoms with Gasteiger partial charge in [0.15, 0.2) is 0 Å². The highest BCUT2D eigenvalue weighted by Gasteiger charge is 1.67. The Kier molecular flexibility index (Phi) is 4.85. The Balaban J connectivity index is 2.56. The topological polar surface area (TPSA) is 65.2 Å². The van der Waals surface area contributed by atoms with Gasteiger partial charge in [-0.25, -0.2) is 5.43 Å². The zero-order chi connectivity index (χ0) is 5.54. The predicted molar refractivity (Wildman–Crippen MR) is 24.5 cm³/mol. The predicted octanol–water partition coefficient (Wildman–Crippen LogP) is -2.12. The molecule has 4 N–H and O–H groups in total. The van der Waals surface area contributed by atoms with Crippen molar-refractivity contribution in [1.82, 2.24) is 21.9 Å². The van der Waals surface area contributed by atoms with Crippen molar-refractivity contribution in [2.24, 2.45) is 0 Å². The summed E-state index contributed by atoms with van der Waals surface area (Å²) in [4.78, 5) is 9.44. The van der Waals surface area contributed by atoms with Crippen LogP contribution < -0.4 is 21.9 Å². The van der Waals surface area contributed by atoms with Crippen LogP contribution in [0.1, 0.15) is 0 Å². The number of carbonyl (C=O) groups is 1. The molecule has 0 saturated carbocycles. The van der Waals surface area contributed by atoms with Gasteiger partial charge in [-0.3, -0.25) is 10.2 Å². The molecule has 0 aliphatic heterocycles. The highest BCUT2D eigenvalue weighted by Crippen LogP contribution is 1.21. The van der Waals surface area contributed by atoms with E-state index in [0.717, 1.165) is 0 Å². The third-order valence-electron chi connectivity index (χ3n) is 0.319. The van der Waals surface area contributed by atoms with E-state index in [1.807, 2.05) is 0 Å². The van der Waals surface area contributed by atoms with E-state index in [2.05, 4.69) is 21.9 Å². The van der Waals surface area contributed by atoms with E-state index in [0.29, 0.717) is 6.41 Å². The molecular weight excluding hydrogens is 96.0 g/mol. The van der Waals surface area contributed by atoms with E-state index in [-0.39, 0.29) is 0 Å². The molecule has 0 radical (unpaired) electrons. The summed E-state index contributed by atoms with van der Waals surface area (Å²) in [6.45, 7) is 0. The smallest absolute Gasteiger partial charge is 0.222 e. The van der Waals surface area contributed by atoms with E-state index >= 15 is 0 Å². The molecule has 0 aliphatic carbocycles. The molecule has 0 aromatic heterocycles. The summed E-state index contributed by atoms with van der Waals surface area (Å²) in [5, 5.41) is 0. The van der Waals surface area contributed by atoms with Crippen molar-refractivity contribution in [2.45, 2.75) is 0 Å². The summed E-state index contributed by atoms with van der Waals surface area (Å²) < 4.78 is 0. The second kappa shape index (κ2) is 5.35. The zero-order valence-electron chi connectivity index (χ0n) is 3.99. The van der Waals surface area contributed by atoms with Crippen LogP contribution in [0.5, 0.6) is 0 Å². The summed E-state index contributed by atoms with van der Waals surface area (Å²) >= 11 is 0.